The first-order valence-electron chi connectivity index (χ1n) is 6.66. The van der Waals surface area contributed by atoms with Crippen LogP contribution in [0, 0.1) is 0 Å². The Balaban J connectivity index is 1.80. The fourth-order valence-corrected chi connectivity index (χ4v) is 2.75. The van der Waals surface area contributed by atoms with E-state index < -0.39 is 0 Å². The average Bonchev–Trinajstić information content (AvgIpc) is 3.04. The number of nitrogens with zero attached hydrogens (tertiary/aromatic N) is 2. The van der Waals surface area contributed by atoms with Crippen LogP contribution in [0.4, 0.5) is 0 Å². The zero-order valence-corrected chi connectivity index (χ0v) is 12.2. The van der Waals surface area contributed by atoms with E-state index in [0.717, 1.165) is 27.6 Å². The number of hydrogen-bond acceptors (Lipinski definition) is 5. The van der Waals surface area contributed by atoms with Gasteiger partial charge in [0, 0.05) is 35.4 Å². The first-order chi connectivity index (χ1) is 10.4. The molecule has 106 valence electrons. The molecule has 2 heterocycles. The van der Waals surface area contributed by atoms with E-state index in [4.69, 9.17) is 10.5 Å². The fraction of sp³-hybridized carbons (Fsp3) is 0.125. The Morgan fingerprint density at radius 1 is 1.10 bits per heavy atom. The molecule has 0 aliphatic heterocycles. The number of benzene rings is 1. The highest BCUT2D eigenvalue weighted by atomic mass is 32.1. The minimum atomic E-state index is 0.516. The third kappa shape index (κ3) is 3.26. The second-order valence-electron chi connectivity index (χ2n) is 4.44. The van der Waals surface area contributed by atoms with E-state index >= 15 is 0 Å². The van der Waals surface area contributed by atoms with Crippen molar-refractivity contribution in [2.45, 2.75) is 0 Å². The van der Waals surface area contributed by atoms with E-state index in [1.807, 2.05) is 42.6 Å². The van der Waals surface area contributed by atoms with Crippen LogP contribution >= 0.6 is 11.3 Å². The van der Waals surface area contributed by atoms with Crippen LogP contribution in [-0.4, -0.2) is 23.1 Å². The van der Waals surface area contributed by atoms with Crippen LogP contribution in [0.3, 0.4) is 0 Å². The van der Waals surface area contributed by atoms with Crippen molar-refractivity contribution in [1.29, 1.82) is 0 Å². The van der Waals surface area contributed by atoms with E-state index in [1.165, 1.54) is 0 Å². The van der Waals surface area contributed by atoms with Crippen molar-refractivity contribution in [2.75, 3.05) is 13.2 Å². The molecule has 0 atom stereocenters. The van der Waals surface area contributed by atoms with Gasteiger partial charge in [-0.2, -0.15) is 0 Å². The molecule has 5 heteroatoms. The molecule has 3 aromatic rings. The summed E-state index contributed by atoms with van der Waals surface area (Å²) in [6.45, 7) is 1.05. The lowest BCUT2D eigenvalue weighted by molar-refractivity contribution is 0.328. The van der Waals surface area contributed by atoms with E-state index in [-0.39, 0.29) is 0 Å². The summed E-state index contributed by atoms with van der Waals surface area (Å²) in [7, 11) is 0. The summed E-state index contributed by atoms with van der Waals surface area (Å²) in [5.41, 5.74) is 8.49. The van der Waals surface area contributed by atoms with Gasteiger partial charge in [-0.05, 0) is 36.4 Å². The lowest BCUT2D eigenvalue weighted by Crippen LogP contribution is -2.10. The maximum atomic E-state index is 5.47. The summed E-state index contributed by atoms with van der Waals surface area (Å²) < 4.78 is 5.47. The van der Waals surface area contributed by atoms with E-state index in [0.29, 0.717) is 13.2 Å². The molecule has 0 saturated heterocycles. The summed E-state index contributed by atoms with van der Waals surface area (Å²) in [5.74, 6) is 0.826. The van der Waals surface area contributed by atoms with Gasteiger partial charge in [0.15, 0.2) is 0 Å². The molecule has 0 saturated carbocycles. The van der Waals surface area contributed by atoms with Gasteiger partial charge < -0.3 is 10.5 Å². The molecule has 0 fully saturated rings. The molecule has 2 N–H and O–H groups in total. The van der Waals surface area contributed by atoms with Crippen molar-refractivity contribution in [2.24, 2.45) is 5.73 Å². The van der Waals surface area contributed by atoms with E-state index in [2.05, 4.69) is 15.3 Å². The number of aromatic nitrogens is 2. The van der Waals surface area contributed by atoms with Crippen molar-refractivity contribution in [1.82, 2.24) is 9.97 Å². The van der Waals surface area contributed by atoms with Gasteiger partial charge in [0.25, 0.3) is 0 Å². The van der Waals surface area contributed by atoms with Crippen molar-refractivity contribution in [3.05, 3.63) is 54.2 Å². The summed E-state index contributed by atoms with van der Waals surface area (Å²) in [6.07, 6.45) is 3.59. The third-order valence-corrected chi connectivity index (χ3v) is 3.84. The molecule has 0 amide bonds. The van der Waals surface area contributed by atoms with Crippen LogP contribution in [0.2, 0.25) is 0 Å². The average molecular weight is 297 g/mol. The van der Waals surface area contributed by atoms with Crippen LogP contribution in [0.5, 0.6) is 5.75 Å². The van der Waals surface area contributed by atoms with Crippen LogP contribution < -0.4 is 10.5 Å². The molecule has 0 aliphatic rings. The molecule has 21 heavy (non-hydrogen) atoms. The van der Waals surface area contributed by atoms with Crippen molar-refractivity contribution in [3.8, 4) is 27.6 Å². The molecular formula is C16H15N3OS. The second kappa shape index (κ2) is 6.47. The van der Waals surface area contributed by atoms with Crippen LogP contribution in [-0.2, 0) is 0 Å². The van der Waals surface area contributed by atoms with Gasteiger partial charge >= 0.3 is 0 Å². The Morgan fingerprint density at radius 3 is 2.67 bits per heavy atom. The van der Waals surface area contributed by atoms with Gasteiger partial charge in [0.1, 0.15) is 17.4 Å². The number of ether oxygens (including phenoxy) is 1. The standard InChI is InChI=1S/C16H15N3OS/c17-7-9-20-14-5-3-12(4-6-14)15-11-21-16(19-15)13-2-1-8-18-10-13/h1-6,8,10-11H,7,9,17H2. The summed E-state index contributed by atoms with van der Waals surface area (Å²) in [4.78, 5) is 8.78. The topological polar surface area (TPSA) is 61.0 Å². The Labute approximate surface area is 127 Å². The minimum Gasteiger partial charge on any atom is -0.492 e. The Kier molecular flexibility index (Phi) is 4.23. The van der Waals surface area contributed by atoms with Crippen molar-refractivity contribution in [3.63, 3.8) is 0 Å². The summed E-state index contributed by atoms with van der Waals surface area (Å²) in [5, 5.41) is 3.03. The van der Waals surface area contributed by atoms with Crippen molar-refractivity contribution < 1.29 is 4.74 Å². The van der Waals surface area contributed by atoms with Crippen LogP contribution in [0.25, 0.3) is 21.8 Å². The maximum absolute atomic E-state index is 5.47. The van der Waals surface area contributed by atoms with Crippen LogP contribution in [0.15, 0.2) is 54.2 Å². The summed E-state index contributed by atoms with van der Waals surface area (Å²) >= 11 is 1.62. The predicted molar refractivity (Wildman–Crippen MR) is 85.3 cm³/mol. The highest BCUT2D eigenvalue weighted by Gasteiger charge is 2.06. The molecule has 4 nitrogen and oxygen atoms in total. The van der Waals surface area contributed by atoms with Crippen LogP contribution in [0.1, 0.15) is 0 Å². The van der Waals surface area contributed by atoms with E-state index in [1.54, 1.807) is 17.5 Å². The largest absolute Gasteiger partial charge is 0.492 e. The number of nitrogens with two attached hydrogens (primary N) is 1. The molecule has 3 rings (SSSR count). The second-order valence-corrected chi connectivity index (χ2v) is 5.30. The highest BCUT2D eigenvalue weighted by molar-refractivity contribution is 7.13. The molecular weight excluding hydrogens is 282 g/mol. The third-order valence-electron chi connectivity index (χ3n) is 2.95. The number of pyridine rings is 1. The van der Waals surface area contributed by atoms with Gasteiger partial charge in [-0.1, -0.05) is 0 Å². The normalized spacial score (nSPS) is 10.5. The maximum Gasteiger partial charge on any atom is 0.125 e. The fourth-order valence-electron chi connectivity index (χ4n) is 1.93. The lowest BCUT2D eigenvalue weighted by atomic mass is 10.2. The molecule has 0 unspecified atom stereocenters. The molecule has 0 spiro atoms. The number of thiazole rings is 1. The smallest absolute Gasteiger partial charge is 0.125 e. The molecule has 0 aliphatic carbocycles. The van der Waals surface area contributed by atoms with E-state index in [9.17, 15) is 0 Å². The zero-order valence-electron chi connectivity index (χ0n) is 11.4. The SMILES string of the molecule is NCCOc1ccc(-c2csc(-c3cccnc3)n2)cc1. The zero-order chi connectivity index (χ0) is 14.5. The first-order valence-corrected chi connectivity index (χ1v) is 7.54. The molecule has 0 radical (unpaired) electrons. The first kappa shape index (κ1) is 13.7. The molecule has 1 aromatic carbocycles. The summed E-state index contributed by atoms with van der Waals surface area (Å²) in [6, 6.07) is 11.8. The van der Waals surface area contributed by atoms with Gasteiger partial charge in [-0.25, -0.2) is 4.98 Å². The number of hydrogen-bond donors (Lipinski definition) is 1. The van der Waals surface area contributed by atoms with Gasteiger partial charge in [-0.3, -0.25) is 4.98 Å². The molecule has 0 bridgehead atoms. The quantitative estimate of drug-likeness (QED) is 0.785. The highest BCUT2D eigenvalue weighted by Crippen LogP contribution is 2.29. The lowest BCUT2D eigenvalue weighted by Gasteiger charge is -2.04. The minimum absolute atomic E-state index is 0.516. The van der Waals surface area contributed by atoms with Gasteiger partial charge in [-0.15, -0.1) is 11.3 Å². The predicted octanol–water partition coefficient (Wildman–Crippen LogP) is 3.21. The Morgan fingerprint density at radius 2 is 1.95 bits per heavy atom. The van der Waals surface area contributed by atoms with Gasteiger partial charge in [0.2, 0.25) is 0 Å². The Bertz CT molecular complexity index is 695. The van der Waals surface area contributed by atoms with Crippen molar-refractivity contribution >= 4 is 11.3 Å². The monoisotopic (exact) mass is 297 g/mol. The number of rotatable bonds is 5. The Hall–Kier alpha value is -2.24. The molecule has 2 aromatic heterocycles. The van der Waals surface area contributed by atoms with Gasteiger partial charge in [0.05, 0.1) is 5.69 Å².